The molecule has 0 saturated carbocycles. The van der Waals surface area contributed by atoms with Gasteiger partial charge in [0.25, 0.3) is 0 Å². The molecule has 3 rings (SSSR count). The first-order chi connectivity index (χ1) is 7.45. The molecule has 1 aliphatic heterocycles. The van der Waals surface area contributed by atoms with Crippen LogP contribution in [0.4, 0.5) is 0 Å². The van der Waals surface area contributed by atoms with Gasteiger partial charge < -0.3 is 0 Å². The minimum Gasteiger partial charge on any atom is -0.255 e. The van der Waals surface area contributed by atoms with Crippen LogP contribution in [0.15, 0.2) is 48.0 Å². The van der Waals surface area contributed by atoms with Crippen LogP contribution in [0.2, 0.25) is 0 Å². The number of hydrogen-bond donors (Lipinski definition) is 0. The monoisotopic (exact) mass is 210 g/mol. The van der Waals surface area contributed by atoms with Crippen molar-refractivity contribution in [1.29, 1.82) is 0 Å². The molecule has 1 heterocycles. The largest absolute Gasteiger partial charge is 0.255 e. The van der Waals surface area contributed by atoms with Crippen molar-refractivity contribution in [1.82, 2.24) is 4.98 Å². The molecule has 15 heavy (non-hydrogen) atoms. The summed E-state index contributed by atoms with van der Waals surface area (Å²) in [4.78, 5) is 5.58. The van der Waals surface area contributed by atoms with E-state index in [1.165, 1.54) is 16.0 Å². The second kappa shape index (κ2) is 3.48. The Morgan fingerprint density at radius 2 is 1.93 bits per heavy atom. The highest BCUT2D eigenvalue weighted by atomic mass is 32.1. The van der Waals surface area contributed by atoms with E-state index in [9.17, 15) is 0 Å². The Morgan fingerprint density at radius 1 is 1.07 bits per heavy atom. The van der Waals surface area contributed by atoms with Gasteiger partial charge in [0.15, 0.2) is 0 Å². The van der Waals surface area contributed by atoms with E-state index in [1.807, 2.05) is 23.7 Å². The molecule has 0 aromatic heterocycles. The molecule has 0 amide bonds. The third-order valence-corrected chi connectivity index (χ3v) is 3.30. The van der Waals surface area contributed by atoms with E-state index < -0.39 is 0 Å². The predicted octanol–water partition coefficient (Wildman–Crippen LogP) is 3.72. The molecule has 0 atom stereocenters. The molecule has 0 spiro atoms. The van der Waals surface area contributed by atoms with Crippen LogP contribution in [0.1, 0.15) is 0 Å². The van der Waals surface area contributed by atoms with Gasteiger partial charge >= 0.3 is 0 Å². The Hall–Kier alpha value is -1.67. The van der Waals surface area contributed by atoms with Crippen molar-refractivity contribution in [2.75, 3.05) is 0 Å². The summed E-state index contributed by atoms with van der Waals surface area (Å²) in [6, 6.07) is 15.3. The maximum absolute atomic E-state index is 4.33. The van der Waals surface area contributed by atoms with E-state index in [-0.39, 0.29) is 0 Å². The van der Waals surface area contributed by atoms with Crippen LogP contribution in [0, 0.1) is 6.07 Å². The lowest BCUT2D eigenvalue weighted by Gasteiger charge is -2.01. The summed E-state index contributed by atoms with van der Waals surface area (Å²) in [5.74, 6) is 0. The second-order valence-electron chi connectivity index (χ2n) is 3.28. The molecule has 1 radical (unpaired) electrons. The second-order valence-corrected chi connectivity index (χ2v) is 4.20. The summed E-state index contributed by atoms with van der Waals surface area (Å²) in [6.07, 6.45) is 1.84. The summed E-state index contributed by atoms with van der Waals surface area (Å²) in [7, 11) is 0. The predicted molar refractivity (Wildman–Crippen MR) is 63.0 cm³/mol. The molecular weight excluding hydrogens is 202 g/mol. The maximum Gasteiger partial charge on any atom is 0.0808 e. The molecule has 71 valence electrons. The van der Waals surface area contributed by atoms with Crippen LogP contribution in [0.25, 0.3) is 21.7 Å². The minimum atomic E-state index is 1.07. The van der Waals surface area contributed by atoms with E-state index >= 15 is 0 Å². The standard InChI is InChI=1S/C13H8NS/c1-2-4-10(5-3-1)11-6-7-12-13(11)15-9-8-14-12/h2-9H. The highest BCUT2D eigenvalue weighted by Crippen LogP contribution is 2.36. The quantitative estimate of drug-likeness (QED) is 0.596. The van der Waals surface area contributed by atoms with Crippen LogP contribution in [-0.4, -0.2) is 4.98 Å². The molecule has 1 nitrogen and oxygen atoms in total. The minimum absolute atomic E-state index is 1.07. The zero-order valence-corrected chi connectivity index (χ0v) is 8.79. The molecule has 0 fully saturated rings. The zero-order valence-electron chi connectivity index (χ0n) is 7.97. The van der Waals surface area contributed by atoms with Crippen LogP contribution < -0.4 is 0 Å². The fourth-order valence-electron chi connectivity index (χ4n) is 1.68. The van der Waals surface area contributed by atoms with Crippen molar-refractivity contribution in [2.24, 2.45) is 0 Å². The molecule has 0 unspecified atom stereocenters. The van der Waals surface area contributed by atoms with Gasteiger partial charge in [0.05, 0.1) is 10.6 Å². The van der Waals surface area contributed by atoms with Crippen molar-refractivity contribution >= 4 is 11.3 Å². The number of aromatic nitrogens is 1. The van der Waals surface area contributed by atoms with Gasteiger partial charge in [-0.2, -0.15) is 0 Å². The van der Waals surface area contributed by atoms with Crippen molar-refractivity contribution < 1.29 is 0 Å². The highest BCUT2D eigenvalue weighted by Gasteiger charge is 2.11. The summed E-state index contributed by atoms with van der Waals surface area (Å²) in [6.45, 7) is 0. The fraction of sp³-hybridized carbons (Fsp3) is 0. The van der Waals surface area contributed by atoms with Gasteiger partial charge in [-0.15, -0.1) is 11.3 Å². The first kappa shape index (κ1) is 8.62. The van der Waals surface area contributed by atoms with Crippen LogP contribution in [0.3, 0.4) is 0 Å². The number of rotatable bonds is 1. The number of hydrogen-bond acceptors (Lipinski definition) is 2. The van der Waals surface area contributed by atoms with Crippen LogP contribution in [0.5, 0.6) is 0 Å². The SMILES string of the molecule is [c]1ccc(-c2ccc3nccsc2-3)cc1. The number of nitrogens with zero attached hydrogens (tertiary/aromatic N) is 1. The van der Waals surface area contributed by atoms with Gasteiger partial charge in [-0.3, -0.25) is 4.98 Å². The van der Waals surface area contributed by atoms with Gasteiger partial charge in [0.2, 0.25) is 0 Å². The first-order valence-corrected chi connectivity index (χ1v) is 5.62. The van der Waals surface area contributed by atoms with Crippen molar-refractivity contribution in [3.8, 4) is 21.7 Å². The number of fused-ring (bicyclic) bond motifs is 1. The lowest BCUT2D eigenvalue weighted by atomic mass is 10.1. The topological polar surface area (TPSA) is 12.9 Å². The Kier molecular flexibility index (Phi) is 2.00. The van der Waals surface area contributed by atoms with E-state index in [4.69, 9.17) is 0 Å². The van der Waals surface area contributed by atoms with Crippen LogP contribution in [-0.2, 0) is 0 Å². The lowest BCUT2D eigenvalue weighted by Crippen LogP contribution is -1.78. The lowest BCUT2D eigenvalue weighted by molar-refractivity contribution is 1.38. The van der Waals surface area contributed by atoms with Crippen molar-refractivity contribution in [3.63, 3.8) is 0 Å². The molecule has 0 saturated heterocycles. The van der Waals surface area contributed by atoms with Crippen molar-refractivity contribution in [2.45, 2.75) is 0 Å². The molecule has 2 heteroatoms. The molecule has 2 aliphatic rings. The molecule has 1 aromatic rings. The van der Waals surface area contributed by atoms with Gasteiger partial charge in [0.1, 0.15) is 0 Å². The summed E-state index contributed by atoms with van der Waals surface area (Å²) in [5.41, 5.74) is 3.57. The van der Waals surface area contributed by atoms with Gasteiger partial charge in [-0.05, 0) is 17.7 Å². The van der Waals surface area contributed by atoms with Gasteiger partial charge in [-0.1, -0.05) is 30.3 Å². The van der Waals surface area contributed by atoms with Crippen molar-refractivity contribution in [3.05, 3.63) is 54.0 Å². The third-order valence-electron chi connectivity index (χ3n) is 2.37. The molecular formula is C13H8NS. The maximum atomic E-state index is 4.33. The first-order valence-electron chi connectivity index (χ1n) is 4.74. The van der Waals surface area contributed by atoms with E-state index in [2.05, 4.69) is 35.3 Å². The molecule has 1 aromatic carbocycles. The third kappa shape index (κ3) is 1.43. The smallest absolute Gasteiger partial charge is 0.0808 e. The Labute approximate surface area is 92.4 Å². The Bertz CT molecular complexity index is 542. The fourth-order valence-corrected chi connectivity index (χ4v) is 2.49. The Balaban J connectivity index is 2.22. The normalized spacial score (nSPS) is 10.7. The summed E-state index contributed by atoms with van der Waals surface area (Å²) in [5, 5.41) is 2.01. The molecule has 0 bridgehead atoms. The average molecular weight is 210 g/mol. The van der Waals surface area contributed by atoms with E-state index in [0.29, 0.717) is 0 Å². The average Bonchev–Trinajstić information content (AvgIpc) is 2.74. The highest BCUT2D eigenvalue weighted by molar-refractivity contribution is 7.13. The van der Waals surface area contributed by atoms with Crippen LogP contribution >= 0.6 is 11.3 Å². The van der Waals surface area contributed by atoms with Gasteiger partial charge in [0, 0.05) is 17.1 Å². The van der Waals surface area contributed by atoms with E-state index in [0.717, 1.165) is 5.69 Å². The molecule has 0 N–H and O–H groups in total. The van der Waals surface area contributed by atoms with Gasteiger partial charge in [-0.25, -0.2) is 0 Å². The Morgan fingerprint density at radius 3 is 2.80 bits per heavy atom. The zero-order chi connectivity index (χ0) is 10.1. The molecule has 1 aliphatic carbocycles. The van der Waals surface area contributed by atoms with E-state index in [1.54, 1.807) is 11.3 Å². The summed E-state index contributed by atoms with van der Waals surface area (Å²) < 4.78 is 0. The number of benzene rings is 1. The summed E-state index contributed by atoms with van der Waals surface area (Å²) >= 11 is 1.73.